The second-order valence-electron chi connectivity index (χ2n) is 4.39. The van der Waals surface area contributed by atoms with Gasteiger partial charge in [0, 0.05) is 15.6 Å². The average Bonchev–Trinajstić information content (AvgIpc) is 2.43. The summed E-state index contributed by atoms with van der Waals surface area (Å²) in [6.45, 7) is 1.91. The summed E-state index contributed by atoms with van der Waals surface area (Å²) in [4.78, 5) is 0. The SMILES string of the molecule is COc1cc(C)c(Br)cc1C(O)c1cccc(Cl)c1F. The van der Waals surface area contributed by atoms with Crippen LogP contribution in [0.2, 0.25) is 5.02 Å². The molecule has 1 unspecified atom stereocenters. The molecule has 2 aromatic rings. The molecule has 1 N–H and O–H groups in total. The van der Waals surface area contributed by atoms with Gasteiger partial charge in [-0.15, -0.1) is 0 Å². The van der Waals surface area contributed by atoms with Gasteiger partial charge < -0.3 is 9.84 Å². The summed E-state index contributed by atoms with van der Waals surface area (Å²) in [5, 5.41) is 10.4. The van der Waals surface area contributed by atoms with Crippen LogP contribution in [0.4, 0.5) is 4.39 Å². The van der Waals surface area contributed by atoms with E-state index in [0.29, 0.717) is 11.3 Å². The van der Waals surface area contributed by atoms with E-state index in [4.69, 9.17) is 16.3 Å². The largest absolute Gasteiger partial charge is 0.496 e. The fraction of sp³-hybridized carbons (Fsp3) is 0.200. The first-order valence-electron chi connectivity index (χ1n) is 5.91. The van der Waals surface area contributed by atoms with E-state index in [9.17, 15) is 9.50 Å². The summed E-state index contributed by atoms with van der Waals surface area (Å²) in [5.41, 5.74) is 1.56. The van der Waals surface area contributed by atoms with E-state index in [1.807, 2.05) is 6.92 Å². The fourth-order valence-corrected chi connectivity index (χ4v) is 2.50. The zero-order chi connectivity index (χ0) is 14.9. The first-order chi connectivity index (χ1) is 9.45. The lowest BCUT2D eigenvalue weighted by Gasteiger charge is -2.17. The zero-order valence-electron chi connectivity index (χ0n) is 11.0. The van der Waals surface area contributed by atoms with Crippen LogP contribution in [0, 0.1) is 12.7 Å². The number of benzene rings is 2. The lowest BCUT2D eigenvalue weighted by Crippen LogP contribution is -2.05. The van der Waals surface area contributed by atoms with Crippen molar-refractivity contribution in [2.24, 2.45) is 0 Å². The predicted octanol–water partition coefficient (Wildman–Crippen LogP) is 4.64. The van der Waals surface area contributed by atoms with E-state index < -0.39 is 11.9 Å². The van der Waals surface area contributed by atoms with Crippen LogP contribution in [-0.2, 0) is 0 Å². The minimum atomic E-state index is -1.15. The number of methoxy groups -OCH3 is 1. The first-order valence-corrected chi connectivity index (χ1v) is 7.08. The molecule has 106 valence electrons. The Morgan fingerprint density at radius 3 is 2.65 bits per heavy atom. The van der Waals surface area contributed by atoms with Crippen LogP contribution >= 0.6 is 27.5 Å². The molecule has 0 aromatic heterocycles. The van der Waals surface area contributed by atoms with Gasteiger partial charge in [-0.05, 0) is 30.7 Å². The number of halogens is 3. The second-order valence-corrected chi connectivity index (χ2v) is 5.65. The van der Waals surface area contributed by atoms with Gasteiger partial charge in [-0.2, -0.15) is 0 Å². The monoisotopic (exact) mass is 358 g/mol. The molecule has 0 amide bonds. The van der Waals surface area contributed by atoms with Crippen molar-refractivity contribution in [3.8, 4) is 5.75 Å². The molecule has 0 radical (unpaired) electrons. The van der Waals surface area contributed by atoms with Crippen molar-refractivity contribution >= 4 is 27.5 Å². The van der Waals surface area contributed by atoms with Gasteiger partial charge in [0.25, 0.3) is 0 Å². The number of hydrogen-bond acceptors (Lipinski definition) is 2. The van der Waals surface area contributed by atoms with Gasteiger partial charge in [-0.25, -0.2) is 4.39 Å². The van der Waals surface area contributed by atoms with E-state index >= 15 is 0 Å². The summed E-state index contributed by atoms with van der Waals surface area (Å²) >= 11 is 9.15. The van der Waals surface area contributed by atoms with Crippen LogP contribution in [0.5, 0.6) is 5.75 Å². The summed E-state index contributed by atoms with van der Waals surface area (Å²) in [6, 6.07) is 8.04. The third-order valence-electron chi connectivity index (χ3n) is 3.08. The molecule has 1 atom stereocenters. The van der Waals surface area contributed by atoms with Crippen molar-refractivity contribution in [2.45, 2.75) is 13.0 Å². The molecule has 0 heterocycles. The number of aliphatic hydroxyl groups excluding tert-OH is 1. The predicted molar refractivity (Wildman–Crippen MR) is 80.9 cm³/mol. The fourth-order valence-electron chi connectivity index (χ4n) is 1.96. The summed E-state index contributed by atoms with van der Waals surface area (Å²) in [6.07, 6.45) is -1.15. The molecule has 5 heteroatoms. The second kappa shape index (κ2) is 6.12. The van der Waals surface area contributed by atoms with Crippen LogP contribution in [-0.4, -0.2) is 12.2 Å². The van der Waals surface area contributed by atoms with E-state index in [-0.39, 0.29) is 10.6 Å². The van der Waals surface area contributed by atoms with Crippen molar-refractivity contribution in [1.82, 2.24) is 0 Å². The zero-order valence-corrected chi connectivity index (χ0v) is 13.3. The smallest absolute Gasteiger partial charge is 0.147 e. The molecular weight excluding hydrogens is 347 g/mol. The first kappa shape index (κ1) is 15.3. The van der Waals surface area contributed by atoms with Crippen molar-refractivity contribution in [1.29, 1.82) is 0 Å². The molecule has 0 fully saturated rings. The van der Waals surface area contributed by atoms with E-state index in [2.05, 4.69) is 15.9 Å². The van der Waals surface area contributed by atoms with Crippen LogP contribution in [0.1, 0.15) is 22.8 Å². The van der Waals surface area contributed by atoms with Crippen LogP contribution in [0.15, 0.2) is 34.8 Å². The molecule has 0 bridgehead atoms. The highest BCUT2D eigenvalue weighted by Crippen LogP contribution is 2.36. The maximum Gasteiger partial charge on any atom is 0.147 e. The summed E-state index contributed by atoms with van der Waals surface area (Å²) in [5.74, 6) is -0.127. The number of hydrogen-bond donors (Lipinski definition) is 1. The molecule has 0 aliphatic heterocycles. The minimum Gasteiger partial charge on any atom is -0.496 e. The quantitative estimate of drug-likeness (QED) is 0.865. The topological polar surface area (TPSA) is 29.5 Å². The molecule has 0 aliphatic rings. The van der Waals surface area contributed by atoms with Crippen molar-refractivity contribution in [2.75, 3.05) is 7.11 Å². The van der Waals surface area contributed by atoms with Crippen LogP contribution < -0.4 is 4.74 Å². The minimum absolute atomic E-state index is 0.0216. The maximum absolute atomic E-state index is 14.0. The highest BCUT2D eigenvalue weighted by Gasteiger charge is 2.21. The number of ether oxygens (including phenoxy) is 1. The lowest BCUT2D eigenvalue weighted by molar-refractivity contribution is 0.209. The Hall–Kier alpha value is -1.10. The van der Waals surface area contributed by atoms with Gasteiger partial charge >= 0.3 is 0 Å². The van der Waals surface area contributed by atoms with Crippen molar-refractivity contribution < 1.29 is 14.2 Å². The van der Waals surface area contributed by atoms with E-state index in [1.54, 1.807) is 18.2 Å². The molecular formula is C15H13BrClFO2. The summed E-state index contributed by atoms with van der Waals surface area (Å²) < 4.78 is 20.1. The lowest BCUT2D eigenvalue weighted by atomic mass is 9.99. The Bertz CT molecular complexity index is 646. The van der Waals surface area contributed by atoms with Gasteiger partial charge in [-0.1, -0.05) is 39.7 Å². The highest BCUT2D eigenvalue weighted by molar-refractivity contribution is 9.10. The van der Waals surface area contributed by atoms with E-state index in [0.717, 1.165) is 10.0 Å². The normalized spacial score (nSPS) is 12.3. The van der Waals surface area contributed by atoms with E-state index in [1.165, 1.54) is 19.2 Å². The van der Waals surface area contributed by atoms with Crippen molar-refractivity contribution in [3.63, 3.8) is 0 Å². The third-order valence-corrected chi connectivity index (χ3v) is 4.23. The van der Waals surface area contributed by atoms with Crippen molar-refractivity contribution in [3.05, 3.63) is 62.3 Å². The molecule has 0 aliphatic carbocycles. The number of aliphatic hydroxyl groups is 1. The Morgan fingerprint density at radius 1 is 1.30 bits per heavy atom. The Kier molecular flexibility index (Phi) is 4.68. The molecule has 0 spiro atoms. The van der Waals surface area contributed by atoms with Gasteiger partial charge in [0.1, 0.15) is 17.7 Å². The Labute approximate surface area is 130 Å². The van der Waals surface area contributed by atoms with Gasteiger partial charge in [0.05, 0.1) is 12.1 Å². The summed E-state index contributed by atoms with van der Waals surface area (Å²) in [7, 11) is 1.51. The molecule has 20 heavy (non-hydrogen) atoms. The highest BCUT2D eigenvalue weighted by atomic mass is 79.9. The Balaban J connectivity index is 2.55. The molecule has 2 aromatic carbocycles. The molecule has 2 rings (SSSR count). The average molecular weight is 360 g/mol. The number of aryl methyl sites for hydroxylation is 1. The van der Waals surface area contributed by atoms with Gasteiger partial charge in [0.2, 0.25) is 0 Å². The standard InChI is InChI=1S/C15H13BrClFO2/c1-8-6-13(20-2)10(7-11(8)16)15(19)9-4-3-5-12(17)14(9)18/h3-7,15,19H,1-2H3. The third kappa shape index (κ3) is 2.82. The molecule has 0 saturated carbocycles. The molecule has 2 nitrogen and oxygen atoms in total. The maximum atomic E-state index is 14.0. The van der Waals surface area contributed by atoms with Gasteiger partial charge in [-0.3, -0.25) is 0 Å². The Morgan fingerprint density at radius 2 is 2.00 bits per heavy atom. The van der Waals surface area contributed by atoms with Crippen LogP contribution in [0.25, 0.3) is 0 Å². The number of rotatable bonds is 3. The van der Waals surface area contributed by atoms with Gasteiger partial charge in [0.15, 0.2) is 0 Å². The van der Waals surface area contributed by atoms with Crippen LogP contribution in [0.3, 0.4) is 0 Å². The molecule has 0 saturated heterocycles.